The maximum Gasteiger partial charge on any atom is 0.248 e. The van der Waals surface area contributed by atoms with Gasteiger partial charge in [-0.1, -0.05) is 18.2 Å². The van der Waals surface area contributed by atoms with Crippen LogP contribution < -0.4 is 10.6 Å². The Morgan fingerprint density at radius 2 is 1.84 bits per heavy atom. The molecule has 0 saturated carbocycles. The van der Waals surface area contributed by atoms with Gasteiger partial charge < -0.3 is 20.1 Å². The largest absolute Gasteiger partial charge is 0.372 e. The molecule has 0 spiro atoms. The number of hydrogen-bond donors (Lipinski definition) is 2. The maximum absolute atomic E-state index is 13.6. The molecule has 2 fully saturated rings. The van der Waals surface area contributed by atoms with E-state index in [1.54, 1.807) is 18.3 Å². The third-order valence-corrected chi connectivity index (χ3v) is 7.70. The summed E-state index contributed by atoms with van der Waals surface area (Å²) in [5.74, 6) is 0.136. The quantitative estimate of drug-likeness (QED) is 0.259. The van der Waals surface area contributed by atoms with Crippen molar-refractivity contribution in [1.82, 2.24) is 24.6 Å². The molecule has 3 aromatic carbocycles. The Morgan fingerprint density at radius 1 is 1.00 bits per heavy atom. The molecule has 43 heavy (non-hydrogen) atoms. The second-order valence-corrected chi connectivity index (χ2v) is 10.7. The maximum atomic E-state index is 13.6. The second-order valence-electron chi connectivity index (χ2n) is 10.7. The Bertz CT molecular complexity index is 1810. The van der Waals surface area contributed by atoms with Crippen LogP contribution in [0.25, 0.3) is 21.8 Å². The SMILES string of the molecule is O=C(C=CCN1CC2OCCOC2C1)Nc1ccc2ncnc(Nc3ccc4c(cnn4Cc4cccc(F)c4)c3)c2c1. The molecule has 2 aliphatic heterocycles. The lowest BCUT2D eigenvalue weighted by molar-refractivity contribution is -0.116. The van der Waals surface area contributed by atoms with Crippen molar-refractivity contribution < 1.29 is 18.7 Å². The first kappa shape index (κ1) is 27.1. The molecule has 2 unspecified atom stereocenters. The van der Waals surface area contributed by atoms with Crippen LogP contribution in [0.5, 0.6) is 0 Å². The molecule has 2 aliphatic rings. The number of nitrogens with zero attached hydrogens (tertiary/aromatic N) is 5. The van der Waals surface area contributed by atoms with Gasteiger partial charge in [0.25, 0.3) is 0 Å². The fourth-order valence-electron chi connectivity index (χ4n) is 5.65. The third-order valence-electron chi connectivity index (χ3n) is 7.70. The molecule has 2 saturated heterocycles. The van der Waals surface area contributed by atoms with E-state index in [9.17, 15) is 9.18 Å². The van der Waals surface area contributed by atoms with Crippen LogP contribution in [0.4, 0.5) is 21.6 Å². The summed E-state index contributed by atoms with van der Waals surface area (Å²) >= 11 is 0. The van der Waals surface area contributed by atoms with Gasteiger partial charge >= 0.3 is 0 Å². The smallest absolute Gasteiger partial charge is 0.248 e. The molecule has 5 aromatic rings. The molecule has 0 bridgehead atoms. The zero-order chi connectivity index (χ0) is 29.2. The van der Waals surface area contributed by atoms with Crippen molar-refractivity contribution in [2.75, 3.05) is 43.5 Å². The Morgan fingerprint density at radius 3 is 2.67 bits per heavy atom. The third kappa shape index (κ3) is 6.09. The van der Waals surface area contributed by atoms with Gasteiger partial charge in [0.05, 0.1) is 49.2 Å². The van der Waals surface area contributed by atoms with Crippen molar-refractivity contribution in [2.45, 2.75) is 18.8 Å². The zero-order valence-electron chi connectivity index (χ0n) is 23.3. The highest BCUT2D eigenvalue weighted by atomic mass is 19.1. The average Bonchev–Trinajstić information content (AvgIpc) is 3.61. The fraction of sp³-hybridized carbons (Fsp3) is 0.250. The van der Waals surface area contributed by atoms with Gasteiger partial charge in [0, 0.05) is 47.9 Å². The lowest BCUT2D eigenvalue weighted by atomic mass is 10.2. The number of anilines is 3. The molecule has 2 atom stereocenters. The van der Waals surface area contributed by atoms with Crippen molar-refractivity contribution in [3.63, 3.8) is 0 Å². The minimum absolute atomic E-state index is 0.116. The van der Waals surface area contributed by atoms with E-state index in [1.165, 1.54) is 18.5 Å². The number of hydrogen-bond acceptors (Lipinski definition) is 8. The van der Waals surface area contributed by atoms with Gasteiger partial charge in [-0.25, -0.2) is 14.4 Å². The number of rotatable bonds is 8. The number of amides is 1. The number of nitrogens with one attached hydrogen (secondary N) is 2. The van der Waals surface area contributed by atoms with E-state index in [1.807, 2.05) is 53.2 Å². The second kappa shape index (κ2) is 11.9. The Kier molecular flexibility index (Phi) is 7.50. The topological polar surface area (TPSA) is 106 Å². The van der Waals surface area contributed by atoms with Gasteiger partial charge in [-0.05, 0) is 54.1 Å². The van der Waals surface area contributed by atoms with Crippen molar-refractivity contribution in [1.29, 1.82) is 0 Å². The summed E-state index contributed by atoms with van der Waals surface area (Å²) in [6.07, 6.45) is 6.94. The van der Waals surface area contributed by atoms with E-state index in [0.717, 1.165) is 46.1 Å². The molecule has 11 heteroatoms. The highest BCUT2D eigenvalue weighted by Crippen LogP contribution is 2.28. The number of ether oxygens (including phenoxy) is 2. The first-order valence-electron chi connectivity index (χ1n) is 14.2. The van der Waals surface area contributed by atoms with E-state index >= 15 is 0 Å². The minimum Gasteiger partial charge on any atom is -0.372 e. The van der Waals surface area contributed by atoms with Gasteiger partial charge in [-0.2, -0.15) is 5.10 Å². The van der Waals surface area contributed by atoms with Crippen molar-refractivity contribution in [2.24, 2.45) is 0 Å². The van der Waals surface area contributed by atoms with E-state index in [0.29, 0.717) is 37.8 Å². The van der Waals surface area contributed by atoms with Crippen molar-refractivity contribution >= 4 is 44.9 Å². The summed E-state index contributed by atoms with van der Waals surface area (Å²) in [5.41, 5.74) is 3.99. The van der Waals surface area contributed by atoms with Gasteiger partial charge in [0.1, 0.15) is 18.0 Å². The molecule has 0 aliphatic carbocycles. The minimum atomic E-state index is -0.266. The van der Waals surface area contributed by atoms with Crippen LogP contribution in [-0.4, -0.2) is 75.6 Å². The van der Waals surface area contributed by atoms with Gasteiger partial charge in [-0.3, -0.25) is 14.4 Å². The summed E-state index contributed by atoms with van der Waals surface area (Å²) in [7, 11) is 0. The Balaban J connectivity index is 1.02. The number of aromatic nitrogens is 4. The Labute approximate surface area is 247 Å². The van der Waals surface area contributed by atoms with Gasteiger partial charge in [0.15, 0.2) is 0 Å². The summed E-state index contributed by atoms with van der Waals surface area (Å²) < 4.78 is 27.0. The predicted octanol–water partition coefficient (Wildman–Crippen LogP) is 4.50. The Hall–Kier alpha value is -4.71. The molecule has 7 rings (SSSR count). The first-order chi connectivity index (χ1) is 21.1. The standard InChI is InChI=1S/C32H30FN7O3/c33-23-4-1-3-21(13-23)17-40-28-9-7-24(14-22(28)16-36-40)38-32-26-15-25(6-8-27(26)34-20-35-32)37-31(41)5-2-10-39-18-29-30(19-39)43-12-11-42-29/h1-9,13-16,20,29-30H,10-12,17-19H2,(H,37,41)(H,34,35,38). The number of fused-ring (bicyclic) bond motifs is 3. The van der Waals surface area contributed by atoms with Crippen molar-refractivity contribution in [3.8, 4) is 0 Å². The van der Waals surface area contributed by atoms with Gasteiger partial charge in [-0.15, -0.1) is 0 Å². The lowest BCUT2D eigenvalue weighted by Gasteiger charge is -2.24. The molecule has 4 heterocycles. The number of carbonyl (C=O) groups excluding carboxylic acids is 1. The van der Waals surface area contributed by atoms with E-state index in [-0.39, 0.29) is 23.9 Å². The van der Waals surface area contributed by atoms with Crippen LogP contribution >= 0.6 is 0 Å². The van der Waals surface area contributed by atoms with Crippen LogP contribution in [-0.2, 0) is 20.8 Å². The molecular formula is C32H30FN7O3. The highest BCUT2D eigenvalue weighted by Gasteiger charge is 2.35. The van der Waals surface area contributed by atoms with E-state index < -0.39 is 0 Å². The molecule has 2 aromatic heterocycles. The average molecular weight is 580 g/mol. The number of halogens is 1. The summed E-state index contributed by atoms with van der Waals surface area (Å²) in [5, 5.41) is 12.5. The molecule has 10 nitrogen and oxygen atoms in total. The lowest BCUT2D eigenvalue weighted by Crippen LogP contribution is -2.36. The molecule has 218 valence electrons. The van der Waals surface area contributed by atoms with Crippen LogP contribution in [0, 0.1) is 5.82 Å². The number of benzene rings is 3. The fourth-order valence-corrected chi connectivity index (χ4v) is 5.65. The summed E-state index contributed by atoms with van der Waals surface area (Å²) in [6.45, 7) is 4.02. The summed E-state index contributed by atoms with van der Waals surface area (Å²) in [4.78, 5) is 23.7. The van der Waals surface area contributed by atoms with Crippen LogP contribution in [0.1, 0.15) is 5.56 Å². The first-order valence-corrected chi connectivity index (χ1v) is 14.2. The van der Waals surface area contributed by atoms with E-state index in [2.05, 4.69) is 30.6 Å². The monoisotopic (exact) mass is 579 g/mol. The number of likely N-dealkylation sites (tertiary alicyclic amines) is 1. The van der Waals surface area contributed by atoms with Crippen molar-refractivity contribution in [3.05, 3.63) is 96.7 Å². The van der Waals surface area contributed by atoms with E-state index in [4.69, 9.17) is 9.47 Å². The molecular weight excluding hydrogens is 549 g/mol. The van der Waals surface area contributed by atoms with Gasteiger partial charge in [0.2, 0.25) is 5.91 Å². The highest BCUT2D eigenvalue weighted by molar-refractivity contribution is 6.02. The summed E-state index contributed by atoms with van der Waals surface area (Å²) in [6, 6.07) is 18.0. The number of carbonyl (C=O) groups is 1. The molecule has 2 N–H and O–H groups in total. The zero-order valence-corrected chi connectivity index (χ0v) is 23.3. The van der Waals surface area contributed by atoms with Crippen LogP contribution in [0.2, 0.25) is 0 Å². The molecule has 1 amide bonds. The predicted molar refractivity (Wildman–Crippen MR) is 162 cm³/mol. The molecule has 0 radical (unpaired) electrons. The van der Waals surface area contributed by atoms with Crippen LogP contribution in [0.15, 0.2) is 85.3 Å². The normalized spacial score (nSPS) is 18.8. The van der Waals surface area contributed by atoms with Crippen LogP contribution in [0.3, 0.4) is 0 Å².